The van der Waals surface area contributed by atoms with Crippen molar-refractivity contribution in [3.63, 3.8) is 0 Å². The van der Waals surface area contributed by atoms with Gasteiger partial charge in [0.1, 0.15) is 6.54 Å². The molecule has 4 N–H and O–H groups in total. The summed E-state index contributed by atoms with van der Waals surface area (Å²) in [7, 11) is 1.95. The maximum absolute atomic E-state index is 12.0. The number of quaternary nitrogens is 1. The number of nitrogens with one attached hydrogen (secondary N) is 2. The molecule has 1 aromatic carbocycles. The first-order valence-corrected chi connectivity index (χ1v) is 7.88. The zero-order valence-electron chi connectivity index (χ0n) is 12.1. The Morgan fingerprint density at radius 1 is 1.23 bits per heavy atom. The molecule has 0 spiro atoms. The molecule has 2 rings (SSSR count). The SMILES string of the molecule is C[NH+](CC(=O)Nc1ccc(C(N)=O)cc1)Cc1ccc(Cl)s1. The first kappa shape index (κ1) is 16.5. The number of carbonyl (C=O) groups excluding carboxylic acids is 2. The van der Waals surface area contributed by atoms with Crippen molar-refractivity contribution >= 4 is 40.4 Å². The average Bonchev–Trinajstić information content (AvgIpc) is 2.84. The predicted octanol–water partition coefficient (Wildman–Crippen LogP) is 1.15. The first-order chi connectivity index (χ1) is 10.4. The number of benzene rings is 1. The third-order valence-corrected chi connectivity index (χ3v) is 4.25. The second kappa shape index (κ2) is 7.40. The van der Waals surface area contributed by atoms with Gasteiger partial charge >= 0.3 is 0 Å². The van der Waals surface area contributed by atoms with Gasteiger partial charge in [0, 0.05) is 11.3 Å². The minimum Gasteiger partial charge on any atom is -0.366 e. The van der Waals surface area contributed by atoms with E-state index in [0.717, 1.165) is 20.7 Å². The molecular weight excluding hydrogens is 322 g/mol. The van der Waals surface area contributed by atoms with Crippen LogP contribution in [0.4, 0.5) is 5.69 Å². The lowest BCUT2D eigenvalue weighted by Gasteiger charge is -2.13. The summed E-state index contributed by atoms with van der Waals surface area (Å²) in [6.45, 7) is 1.08. The van der Waals surface area contributed by atoms with Crippen LogP contribution in [0.5, 0.6) is 0 Å². The highest BCUT2D eigenvalue weighted by atomic mass is 35.5. The lowest BCUT2D eigenvalue weighted by atomic mass is 10.2. The number of hydrogen-bond acceptors (Lipinski definition) is 3. The number of amides is 2. The Kier molecular flexibility index (Phi) is 5.54. The molecule has 1 unspecified atom stereocenters. The number of likely N-dealkylation sites (N-methyl/N-ethyl adjacent to an activating group) is 1. The molecule has 0 fully saturated rings. The minimum atomic E-state index is -0.489. The molecule has 2 aromatic rings. The molecule has 2 amide bonds. The van der Waals surface area contributed by atoms with Gasteiger partial charge in [-0.2, -0.15) is 0 Å². The standard InChI is InChI=1S/C15H16ClN3O2S/c1-19(8-12-6-7-13(16)22-12)9-14(20)18-11-4-2-10(3-5-11)15(17)21/h2-7H,8-9H2,1H3,(H2,17,21)(H,18,20)/p+1. The molecular formula is C15H17ClN3O2S+. The quantitative estimate of drug-likeness (QED) is 0.739. The number of hydrogen-bond donors (Lipinski definition) is 3. The van der Waals surface area contributed by atoms with Crippen molar-refractivity contribution in [2.45, 2.75) is 6.54 Å². The van der Waals surface area contributed by atoms with E-state index in [9.17, 15) is 9.59 Å². The Balaban J connectivity index is 1.85. The van der Waals surface area contributed by atoms with Crippen LogP contribution in [0, 0.1) is 0 Å². The van der Waals surface area contributed by atoms with Crippen molar-refractivity contribution in [1.82, 2.24) is 0 Å². The lowest BCUT2D eigenvalue weighted by Crippen LogP contribution is -3.08. The first-order valence-electron chi connectivity index (χ1n) is 6.69. The number of carbonyl (C=O) groups is 2. The van der Waals surface area contributed by atoms with Gasteiger partial charge in [0.15, 0.2) is 6.54 Å². The molecule has 7 heteroatoms. The summed E-state index contributed by atoms with van der Waals surface area (Å²) in [5.41, 5.74) is 6.22. The van der Waals surface area contributed by atoms with Gasteiger partial charge in [-0.15, -0.1) is 11.3 Å². The van der Waals surface area contributed by atoms with E-state index in [2.05, 4.69) is 5.32 Å². The van der Waals surface area contributed by atoms with Crippen molar-refractivity contribution < 1.29 is 14.5 Å². The summed E-state index contributed by atoms with van der Waals surface area (Å²) in [6.07, 6.45) is 0. The molecule has 1 atom stereocenters. The fraction of sp³-hybridized carbons (Fsp3) is 0.200. The largest absolute Gasteiger partial charge is 0.366 e. The second-order valence-electron chi connectivity index (χ2n) is 5.01. The Morgan fingerprint density at radius 2 is 1.91 bits per heavy atom. The maximum atomic E-state index is 12.0. The number of nitrogens with two attached hydrogens (primary N) is 1. The van der Waals surface area contributed by atoms with E-state index < -0.39 is 5.91 Å². The molecule has 0 aliphatic carbocycles. The van der Waals surface area contributed by atoms with Crippen LogP contribution in [-0.4, -0.2) is 25.4 Å². The van der Waals surface area contributed by atoms with Crippen molar-refractivity contribution in [1.29, 1.82) is 0 Å². The topological polar surface area (TPSA) is 76.6 Å². The van der Waals surface area contributed by atoms with Crippen LogP contribution in [-0.2, 0) is 11.3 Å². The third kappa shape index (κ3) is 4.84. The van der Waals surface area contributed by atoms with Crippen molar-refractivity contribution in [2.24, 2.45) is 5.73 Å². The van der Waals surface area contributed by atoms with Gasteiger partial charge in [0.25, 0.3) is 5.91 Å². The van der Waals surface area contributed by atoms with Gasteiger partial charge in [0.2, 0.25) is 5.91 Å². The Labute approximate surface area is 137 Å². The van der Waals surface area contributed by atoms with Crippen molar-refractivity contribution in [3.05, 3.63) is 51.2 Å². The van der Waals surface area contributed by atoms with Gasteiger partial charge in [-0.05, 0) is 36.4 Å². The number of thiophene rings is 1. The van der Waals surface area contributed by atoms with Crippen LogP contribution in [0.1, 0.15) is 15.2 Å². The van der Waals surface area contributed by atoms with Gasteiger partial charge in [0.05, 0.1) is 16.3 Å². The number of anilines is 1. The average molecular weight is 339 g/mol. The molecule has 0 aliphatic rings. The van der Waals surface area contributed by atoms with Crippen LogP contribution in [0.25, 0.3) is 0 Å². The number of primary amides is 1. The molecule has 0 saturated heterocycles. The molecule has 22 heavy (non-hydrogen) atoms. The highest BCUT2D eigenvalue weighted by molar-refractivity contribution is 7.16. The van der Waals surface area contributed by atoms with Gasteiger partial charge in [-0.25, -0.2) is 0 Å². The van der Waals surface area contributed by atoms with Crippen molar-refractivity contribution in [3.8, 4) is 0 Å². The van der Waals surface area contributed by atoms with Crippen molar-refractivity contribution in [2.75, 3.05) is 18.9 Å². The van der Waals surface area contributed by atoms with E-state index in [0.29, 0.717) is 17.8 Å². The van der Waals surface area contributed by atoms with Crippen LogP contribution in [0.3, 0.4) is 0 Å². The highest BCUT2D eigenvalue weighted by Crippen LogP contribution is 2.20. The molecule has 5 nitrogen and oxygen atoms in total. The van der Waals surface area contributed by atoms with Crippen LogP contribution >= 0.6 is 22.9 Å². The highest BCUT2D eigenvalue weighted by Gasteiger charge is 2.12. The molecule has 0 bridgehead atoms. The Morgan fingerprint density at radius 3 is 2.45 bits per heavy atom. The number of rotatable bonds is 6. The third-order valence-electron chi connectivity index (χ3n) is 3.02. The molecule has 116 valence electrons. The van der Waals surface area contributed by atoms with Crippen LogP contribution < -0.4 is 16.0 Å². The van der Waals surface area contributed by atoms with Crippen LogP contribution in [0.15, 0.2) is 36.4 Å². The summed E-state index contributed by atoms with van der Waals surface area (Å²) in [5, 5.41) is 2.80. The normalized spacial score (nSPS) is 11.9. The second-order valence-corrected chi connectivity index (χ2v) is 6.81. The fourth-order valence-electron chi connectivity index (χ4n) is 2.00. The smallest absolute Gasteiger partial charge is 0.279 e. The van der Waals surface area contributed by atoms with Gasteiger partial charge < -0.3 is 16.0 Å². The summed E-state index contributed by atoms with van der Waals surface area (Å²) < 4.78 is 0.752. The fourth-order valence-corrected chi connectivity index (χ4v) is 3.21. The van der Waals surface area contributed by atoms with E-state index in [1.165, 1.54) is 11.3 Å². The summed E-state index contributed by atoms with van der Waals surface area (Å²) in [6, 6.07) is 10.3. The Bertz CT molecular complexity index is 670. The van der Waals surface area contributed by atoms with E-state index >= 15 is 0 Å². The summed E-state index contributed by atoms with van der Waals surface area (Å²) in [5.74, 6) is -0.580. The van der Waals surface area contributed by atoms with E-state index in [-0.39, 0.29) is 5.91 Å². The van der Waals surface area contributed by atoms with Crippen LogP contribution in [0.2, 0.25) is 4.34 Å². The summed E-state index contributed by atoms with van der Waals surface area (Å²) in [4.78, 5) is 25.2. The lowest BCUT2D eigenvalue weighted by molar-refractivity contribution is -0.884. The zero-order valence-corrected chi connectivity index (χ0v) is 13.6. The molecule has 1 aromatic heterocycles. The van der Waals surface area contributed by atoms with E-state index in [4.69, 9.17) is 17.3 Å². The minimum absolute atomic E-state index is 0.0908. The monoisotopic (exact) mass is 338 g/mol. The molecule has 1 heterocycles. The molecule has 0 saturated carbocycles. The predicted molar refractivity (Wildman–Crippen MR) is 88.4 cm³/mol. The van der Waals surface area contributed by atoms with E-state index in [1.807, 2.05) is 19.2 Å². The summed E-state index contributed by atoms with van der Waals surface area (Å²) >= 11 is 7.41. The van der Waals surface area contributed by atoms with E-state index in [1.54, 1.807) is 24.3 Å². The van der Waals surface area contributed by atoms with Gasteiger partial charge in [-0.3, -0.25) is 9.59 Å². The maximum Gasteiger partial charge on any atom is 0.279 e. The molecule has 0 radical (unpaired) electrons. The number of halogens is 1. The Hall–Kier alpha value is -1.89. The zero-order chi connectivity index (χ0) is 16.1. The van der Waals surface area contributed by atoms with Gasteiger partial charge in [-0.1, -0.05) is 11.6 Å². The molecule has 0 aliphatic heterocycles.